The van der Waals surface area contributed by atoms with Gasteiger partial charge < -0.3 is 5.32 Å². The smallest absolute Gasteiger partial charge is 0.351 e. The Hall–Kier alpha value is -3.75. The molecule has 0 radical (unpaired) electrons. The summed E-state index contributed by atoms with van der Waals surface area (Å²) in [5.41, 5.74) is -4.88. The minimum Gasteiger partial charge on any atom is -0.351 e. The SMILES string of the molecule is CC1(C(=O)N(c2ccc(S(F)(F)(F)(F)F)cc2)C(C(=O)NC2CCC(F)(F)CC2)c2cnccc2C(F)(F)F)CCCN1C#N. The second kappa shape index (κ2) is 10.7. The topological polar surface area (TPSA) is 89.3 Å². The van der Waals surface area contributed by atoms with Crippen LogP contribution in [-0.2, 0) is 15.8 Å². The molecule has 1 saturated heterocycles. The Balaban J connectivity index is 1.93. The van der Waals surface area contributed by atoms with Crippen LogP contribution in [0.4, 0.5) is 47.1 Å². The first-order chi connectivity index (χ1) is 20.5. The van der Waals surface area contributed by atoms with Gasteiger partial charge in [-0.1, -0.05) is 19.4 Å². The van der Waals surface area contributed by atoms with Crippen molar-refractivity contribution in [2.24, 2.45) is 0 Å². The van der Waals surface area contributed by atoms with Crippen LogP contribution < -0.4 is 10.2 Å². The molecule has 18 heteroatoms. The van der Waals surface area contributed by atoms with E-state index < -0.39 is 86.3 Å². The van der Waals surface area contributed by atoms with Crippen LogP contribution in [0.3, 0.4) is 0 Å². The highest BCUT2D eigenvalue weighted by Gasteiger charge is 2.65. The number of benzene rings is 1. The molecule has 1 saturated carbocycles. The lowest BCUT2D eigenvalue weighted by atomic mass is 9.90. The van der Waals surface area contributed by atoms with Crippen LogP contribution in [0.2, 0.25) is 0 Å². The van der Waals surface area contributed by atoms with E-state index in [0.29, 0.717) is 29.3 Å². The van der Waals surface area contributed by atoms with Crippen molar-refractivity contribution in [3.8, 4) is 6.19 Å². The monoisotopic (exact) mass is 675 g/mol. The maximum absolute atomic E-state index is 14.3. The van der Waals surface area contributed by atoms with E-state index in [2.05, 4.69) is 10.3 Å². The summed E-state index contributed by atoms with van der Waals surface area (Å²) in [5, 5.41) is 12.0. The number of aromatic nitrogens is 1. The van der Waals surface area contributed by atoms with Crippen LogP contribution in [0.5, 0.6) is 0 Å². The molecule has 1 aromatic carbocycles. The summed E-state index contributed by atoms with van der Waals surface area (Å²) in [6, 6.07) is -2.14. The number of nitrogens with zero attached hydrogens (tertiary/aromatic N) is 4. The van der Waals surface area contributed by atoms with Crippen LogP contribution in [-0.4, -0.2) is 45.7 Å². The first-order valence-electron chi connectivity index (χ1n) is 13.5. The maximum atomic E-state index is 14.3. The van der Waals surface area contributed by atoms with Crippen LogP contribution in [0.15, 0.2) is 47.6 Å². The van der Waals surface area contributed by atoms with E-state index in [0.717, 1.165) is 11.1 Å². The quantitative estimate of drug-likeness (QED) is 0.239. The van der Waals surface area contributed by atoms with Gasteiger partial charge in [-0.3, -0.25) is 24.4 Å². The van der Waals surface area contributed by atoms with Crippen molar-refractivity contribution >= 4 is 27.7 Å². The van der Waals surface area contributed by atoms with Crippen molar-refractivity contribution in [1.82, 2.24) is 15.2 Å². The van der Waals surface area contributed by atoms with E-state index in [-0.39, 0.29) is 44.4 Å². The molecule has 45 heavy (non-hydrogen) atoms. The van der Waals surface area contributed by atoms with Crippen LogP contribution >= 0.6 is 10.2 Å². The average molecular weight is 676 g/mol. The van der Waals surface area contributed by atoms with E-state index >= 15 is 0 Å². The van der Waals surface area contributed by atoms with Gasteiger partial charge in [-0.2, -0.15) is 18.4 Å². The number of amides is 2. The highest BCUT2D eigenvalue weighted by molar-refractivity contribution is 8.45. The van der Waals surface area contributed by atoms with Gasteiger partial charge in [0.25, 0.3) is 5.91 Å². The molecule has 2 unspecified atom stereocenters. The molecule has 2 aliphatic rings. The normalized spacial score (nSPS) is 22.9. The Kier molecular flexibility index (Phi) is 8.09. The van der Waals surface area contributed by atoms with Crippen LogP contribution in [0, 0.1) is 11.5 Å². The van der Waals surface area contributed by atoms with Crippen molar-refractivity contribution < 1.29 is 51.0 Å². The Morgan fingerprint density at radius 1 is 1.07 bits per heavy atom. The summed E-state index contributed by atoms with van der Waals surface area (Å²) in [5.74, 6) is -5.56. The van der Waals surface area contributed by atoms with Gasteiger partial charge in [0.05, 0.1) is 5.56 Å². The highest BCUT2D eigenvalue weighted by Crippen LogP contribution is 3.02. The second-order valence-electron chi connectivity index (χ2n) is 11.3. The number of carbonyl (C=O) groups is 2. The Morgan fingerprint density at radius 3 is 2.20 bits per heavy atom. The zero-order chi connectivity index (χ0) is 33.7. The predicted octanol–water partition coefficient (Wildman–Crippen LogP) is 7.86. The average Bonchev–Trinajstić information content (AvgIpc) is 3.32. The van der Waals surface area contributed by atoms with Crippen molar-refractivity contribution in [2.45, 2.75) is 80.1 Å². The molecule has 248 valence electrons. The molecule has 1 N–H and O–H groups in total. The van der Waals surface area contributed by atoms with Gasteiger partial charge in [0.2, 0.25) is 11.8 Å². The second-order valence-corrected chi connectivity index (χ2v) is 13.7. The largest absolute Gasteiger partial charge is 0.416 e. The van der Waals surface area contributed by atoms with Crippen LogP contribution in [0.25, 0.3) is 0 Å². The zero-order valence-electron chi connectivity index (χ0n) is 23.4. The molecule has 7 nitrogen and oxygen atoms in total. The molecule has 0 spiro atoms. The minimum absolute atomic E-state index is 0.0174. The standard InChI is InChI=1S/C27H27F10N5O2S/c1-25(10-2-14-41(25)16-38)24(44)42(18-3-5-19(6-4-18)45(33,34,35,36)37)22(20-15-39-13-9-21(20)27(30,31)32)23(43)40-17-7-11-26(28,29)12-8-17/h3-6,9,13,15,17,22H,2,7-8,10-12,14H2,1H3,(H,40,43). The molecule has 4 rings (SSSR count). The van der Waals surface area contributed by atoms with Crippen molar-refractivity contribution in [3.05, 3.63) is 53.9 Å². The lowest BCUT2D eigenvalue weighted by Crippen LogP contribution is -2.57. The lowest BCUT2D eigenvalue weighted by molar-refractivity contribution is -0.139. The molecule has 1 aromatic heterocycles. The molecule has 2 fully saturated rings. The van der Waals surface area contributed by atoms with E-state index in [1.54, 1.807) is 6.19 Å². The van der Waals surface area contributed by atoms with E-state index in [4.69, 9.17) is 0 Å². The number of carbonyl (C=O) groups excluding carboxylic acids is 2. The summed E-state index contributed by atoms with van der Waals surface area (Å²) in [4.78, 5) is 30.9. The Bertz CT molecular complexity index is 1500. The number of rotatable bonds is 7. The van der Waals surface area contributed by atoms with Crippen molar-refractivity contribution in [3.63, 3.8) is 0 Å². The first kappa shape index (κ1) is 34.1. The number of hydrogen-bond donors (Lipinski definition) is 1. The summed E-state index contributed by atoms with van der Waals surface area (Å²) in [7, 11) is -10.2. The fraction of sp³-hybridized carbons (Fsp3) is 0.481. The number of nitrogens with one attached hydrogen (secondary N) is 1. The number of pyridine rings is 1. The fourth-order valence-corrected chi connectivity index (χ4v) is 6.25. The van der Waals surface area contributed by atoms with Crippen LogP contribution in [0.1, 0.15) is 62.6 Å². The molecule has 2 aromatic rings. The van der Waals surface area contributed by atoms with E-state index in [1.165, 1.54) is 6.92 Å². The number of likely N-dealkylation sites (tertiary alicyclic amines) is 1. The molecule has 2 atom stereocenters. The van der Waals surface area contributed by atoms with Crippen molar-refractivity contribution in [2.75, 3.05) is 11.4 Å². The van der Waals surface area contributed by atoms with E-state index in [1.807, 2.05) is 0 Å². The molecule has 1 aliphatic heterocycles. The molecular weight excluding hydrogens is 648 g/mol. The number of hydrogen-bond acceptors (Lipinski definition) is 5. The van der Waals surface area contributed by atoms with Gasteiger partial charge in [-0.15, -0.1) is 0 Å². The van der Waals surface area contributed by atoms with Gasteiger partial charge >= 0.3 is 16.4 Å². The molecule has 1 aliphatic carbocycles. The minimum atomic E-state index is -10.2. The number of alkyl halides is 5. The number of halogens is 10. The van der Waals surface area contributed by atoms with Crippen molar-refractivity contribution in [1.29, 1.82) is 5.26 Å². The Morgan fingerprint density at radius 2 is 1.67 bits per heavy atom. The lowest BCUT2D eigenvalue weighted by Gasteiger charge is -2.42. The summed E-state index contributed by atoms with van der Waals surface area (Å²) >= 11 is 0. The van der Waals surface area contributed by atoms with Gasteiger partial charge in [0, 0.05) is 49.1 Å². The van der Waals surface area contributed by atoms with Gasteiger partial charge in [0.15, 0.2) is 6.19 Å². The third-order valence-electron chi connectivity index (χ3n) is 8.02. The molecular formula is C27H27F10N5O2S. The molecule has 0 bridgehead atoms. The first-order valence-corrected chi connectivity index (χ1v) is 15.5. The molecule has 2 amide bonds. The summed E-state index contributed by atoms with van der Waals surface area (Å²) < 4.78 is 138. The molecule has 2 heterocycles. The van der Waals surface area contributed by atoms with Gasteiger partial charge in [0.1, 0.15) is 16.5 Å². The third kappa shape index (κ3) is 7.23. The fourth-order valence-electron chi connectivity index (χ4n) is 5.60. The number of nitriles is 1. The highest BCUT2D eigenvalue weighted by atomic mass is 32.5. The van der Waals surface area contributed by atoms with Gasteiger partial charge in [-0.05, 0) is 62.9 Å². The maximum Gasteiger partial charge on any atom is 0.416 e. The Labute approximate surface area is 250 Å². The predicted molar refractivity (Wildman–Crippen MR) is 143 cm³/mol. The third-order valence-corrected chi connectivity index (χ3v) is 9.19. The zero-order valence-corrected chi connectivity index (χ0v) is 24.3. The van der Waals surface area contributed by atoms with Gasteiger partial charge in [-0.25, -0.2) is 8.78 Å². The summed E-state index contributed by atoms with van der Waals surface area (Å²) in [6.07, 6.45) is -3.72. The number of anilines is 1. The summed E-state index contributed by atoms with van der Waals surface area (Å²) in [6.45, 7) is 1.26. The van der Waals surface area contributed by atoms with E-state index in [9.17, 15) is 56.2 Å².